The highest BCUT2D eigenvalue weighted by Gasteiger charge is 2.40. The molecule has 0 bridgehead atoms. The molecule has 2 aliphatic rings. The van der Waals surface area contributed by atoms with Crippen LogP contribution < -0.4 is 5.32 Å². The summed E-state index contributed by atoms with van der Waals surface area (Å²) in [5.41, 5.74) is -0.158. The molecule has 0 radical (unpaired) electrons. The standard InChI is InChI=1S/C20H33N3O3S2/c1-15-11-16(2)13-22(12-15)20(3,4)14-21-19(24)17-7-5-9-23(17)28(25,26)18-8-6-10-27-18/h6,8,10,15-17H,5,7,9,11-14H2,1-4H3,(H,21,24). The van der Waals surface area contributed by atoms with E-state index in [0.717, 1.165) is 13.1 Å². The summed E-state index contributed by atoms with van der Waals surface area (Å²) < 4.78 is 27.4. The molecule has 3 heterocycles. The molecule has 1 N–H and O–H groups in total. The van der Waals surface area contributed by atoms with Gasteiger partial charge < -0.3 is 5.32 Å². The van der Waals surface area contributed by atoms with E-state index in [0.29, 0.717) is 42.0 Å². The zero-order valence-corrected chi connectivity index (χ0v) is 19.0. The number of hydrogen-bond acceptors (Lipinski definition) is 5. The lowest BCUT2D eigenvalue weighted by atomic mass is 9.88. The zero-order valence-electron chi connectivity index (χ0n) is 17.3. The van der Waals surface area contributed by atoms with E-state index in [-0.39, 0.29) is 11.4 Å². The summed E-state index contributed by atoms with van der Waals surface area (Å²) in [7, 11) is -3.60. The second-order valence-corrected chi connectivity index (χ2v) is 12.2. The van der Waals surface area contributed by atoms with Gasteiger partial charge in [-0.25, -0.2) is 8.42 Å². The van der Waals surface area contributed by atoms with Crippen LogP contribution in [0.4, 0.5) is 0 Å². The quantitative estimate of drug-likeness (QED) is 0.758. The third kappa shape index (κ3) is 4.61. The third-order valence-corrected chi connectivity index (χ3v) is 9.27. The topological polar surface area (TPSA) is 69.7 Å². The molecule has 2 fully saturated rings. The van der Waals surface area contributed by atoms with E-state index >= 15 is 0 Å². The van der Waals surface area contributed by atoms with E-state index in [4.69, 9.17) is 0 Å². The maximum atomic E-state index is 12.9. The number of thiophene rings is 1. The van der Waals surface area contributed by atoms with Crippen LogP contribution in [0.5, 0.6) is 0 Å². The smallest absolute Gasteiger partial charge is 0.253 e. The van der Waals surface area contributed by atoms with Crippen molar-refractivity contribution in [3.8, 4) is 0 Å². The first-order chi connectivity index (χ1) is 13.1. The molecule has 8 heteroatoms. The summed E-state index contributed by atoms with van der Waals surface area (Å²) in [4.78, 5) is 15.4. The minimum atomic E-state index is -3.60. The van der Waals surface area contributed by atoms with Gasteiger partial charge in [0.05, 0.1) is 0 Å². The third-order valence-electron chi connectivity index (χ3n) is 5.98. The summed E-state index contributed by atoms with van der Waals surface area (Å²) in [6.07, 6.45) is 2.54. The summed E-state index contributed by atoms with van der Waals surface area (Å²) in [5.74, 6) is 1.13. The van der Waals surface area contributed by atoms with Crippen LogP contribution in [0.3, 0.4) is 0 Å². The molecule has 28 heavy (non-hydrogen) atoms. The van der Waals surface area contributed by atoms with Gasteiger partial charge in [0.1, 0.15) is 10.3 Å². The largest absolute Gasteiger partial charge is 0.353 e. The van der Waals surface area contributed by atoms with E-state index in [2.05, 4.69) is 37.9 Å². The second-order valence-electron chi connectivity index (χ2n) is 9.09. The summed E-state index contributed by atoms with van der Waals surface area (Å²) >= 11 is 1.20. The van der Waals surface area contributed by atoms with Crippen LogP contribution >= 0.6 is 11.3 Å². The fourth-order valence-electron chi connectivity index (χ4n) is 4.51. The van der Waals surface area contributed by atoms with Crippen molar-refractivity contribution in [2.24, 2.45) is 11.8 Å². The van der Waals surface area contributed by atoms with Gasteiger partial charge in [-0.15, -0.1) is 11.3 Å². The number of likely N-dealkylation sites (tertiary alicyclic amines) is 1. The number of carbonyl (C=O) groups excluding carboxylic acids is 1. The molecule has 2 aliphatic heterocycles. The average molecular weight is 428 g/mol. The van der Waals surface area contributed by atoms with Gasteiger partial charge in [0.15, 0.2) is 0 Å². The van der Waals surface area contributed by atoms with Crippen molar-refractivity contribution in [3.63, 3.8) is 0 Å². The Morgan fingerprint density at radius 1 is 1.29 bits per heavy atom. The molecule has 1 aromatic heterocycles. The highest BCUT2D eigenvalue weighted by atomic mass is 32.2. The van der Waals surface area contributed by atoms with Crippen LogP contribution in [0.15, 0.2) is 21.7 Å². The lowest BCUT2D eigenvalue weighted by Crippen LogP contribution is -2.57. The minimum Gasteiger partial charge on any atom is -0.353 e. The van der Waals surface area contributed by atoms with Gasteiger partial charge in [-0.1, -0.05) is 19.9 Å². The van der Waals surface area contributed by atoms with Gasteiger partial charge in [0.25, 0.3) is 10.0 Å². The van der Waals surface area contributed by atoms with E-state index in [1.807, 2.05) is 0 Å². The van der Waals surface area contributed by atoms with Crippen LogP contribution in [0, 0.1) is 11.8 Å². The number of rotatable bonds is 6. The molecule has 6 nitrogen and oxygen atoms in total. The predicted molar refractivity (Wildman–Crippen MR) is 113 cm³/mol. The van der Waals surface area contributed by atoms with Gasteiger partial charge in [0.2, 0.25) is 5.91 Å². The van der Waals surface area contributed by atoms with Gasteiger partial charge in [-0.3, -0.25) is 9.69 Å². The molecular formula is C20H33N3O3S2. The van der Waals surface area contributed by atoms with Gasteiger partial charge >= 0.3 is 0 Å². The van der Waals surface area contributed by atoms with Gasteiger partial charge in [-0.05, 0) is 56.4 Å². The average Bonchev–Trinajstić information content (AvgIpc) is 3.30. The Balaban J connectivity index is 1.64. The molecule has 3 atom stereocenters. The number of carbonyl (C=O) groups is 1. The molecule has 0 saturated carbocycles. The molecule has 1 amide bonds. The van der Waals surface area contributed by atoms with Gasteiger partial charge in [0, 0.05) is 31.7 Å². The fourth-order valence-corrected chi connectivity index (χ4v) is 7.28. The Kier molecular flexibility index (Phi) is 6.54. The zero-order chi connectivity index (χ0) is 20.5. The molecule has 2 saturated heterocycles. The lowest BCUT2D eigenvalue weighted by Gasteiger charge is -2.45. The van der Waals surface area contributed by atoms with Crippen LogP contribution in [0.2, 0.25) is 0 Å². The predicted octanol–water partition coefficient (Wildman–Crippen LogP) is 2.77. The van der Waals surface area contributed by atoms with Crippen molar-refractivity contribution in [2.45, 2.75) is 62.7 Å². The van der Waals surface area contributed by atoms with Crippen LogP contribution in [0.25, 0.3) is 0 Å². The highest BCUT2D eigenvalue weighted by Crippen LogP contribution is 2.29. The normalized spacial score (nSPS) is 27.8. The fraction of sp³-hybridized carbons (Fsp3) is 0.750. The first-order valence-corrected chi connectivity index (χ1v) is 12.5. The number of nitrogens with zero attached hydrogens (tertiary/aromatic N) is 2. The van der Waals surface area contributed by atoms with E-state index < -0.39 is 16.1 Å². The minimum absolute atomic E-state index is 0.158. The number of piperidine rings is 1. The van der Waals surface area contributed by atoms with Crippen molar-refractivity contribution in [2.75, 3.05) is 26.2 Å². The molecule has 0 spiro atoms. The molecule has 3 rings (SSSR count). The van der Waals surface area contributed by atoms with Crippen molar-refractivity contribution in [1.29, 1.82) is 0 Å². The van der Waals surface area contributed by atoms with Crippen LogP contribution in [-0.4, -0.2) is 61.3 Å². The van der Waals surface area contributed by atoms with Crippen molar-refractivity contribution < 1.29 is 13.2 Å². The Morgan fingerprint density at radius 3 is 2.57 bits per heavy atom. The van der Waals surface area contributed by atoms with Crippen molar-refractivity contribution in [1.82, 2.24) is 14.5 Å². The molecule has 0 aromatic carbocycles. The summed E-state index contributed by atoms with van der Waals surface area (Å²) in [5, 5.41) is 4.81. The molecule has 158 valence electrons. The van der Waals surface area contributed by atoms with Crippen molar-refractivity contribution >= 4 is 27.3 Å². The molecule has 3 unspecified atom stereocenters. The maximum Gasteiger partial charge on any atom is 0.253 e. The SMILES string of the molecule is CC1CC(C)CN(C(C)(C)CNC(=O)C2CCCN2S(=O)(=O)c2cccs2)C1. The van der Waals surface area contributed by atoms with Crippen LogP contribution in [-0.2, 0) is 14.8 Å². The Bertz CT molecular complexity index is 767. The number of sulfonamides is 1. The summed E-state index contributed by atoms with van der Waals surface area (Å²) in [6, 6.07) is 2.73. The van der Waals surface area contributed by atoms with E-state index in [1.54, 1.807) is 17.5 Å². The maximum absolute atomic E-state index is 12.9. The lowest BCUT2D eigenvalue weighted by molar-refractivity contribution is -0.124. The van der Waals surface area contributed by atoms with E-state index in [9.17, 15) is 13.2 Å². The number of amides is 1. The monoisotopic (exact) mass is 427 g/mol. The summed E-state index contributed by atoms with van der Waals surface area (Å²) in [6.45, 7) is 11.9. The highest BCUT2D eigenvalue weighted by molar-refractivity contribution is 7.91. The number of hydrogen-bond donors (Lipinski definition) is 1. The second kappa shape index (κ2) is 8.42. The van der Waals surface area contributed by atoms with E-state index in [1.165, 1.54) is 22.1 Å². The van der Waals surface area contributed by atoms with Gasteiger partial charge in [-0.2, -0.15) is 4.31 Å². The first-order valence-electron chi connectivity index (χ1n) is 10.2. The molecule has 0 aliphatic carbocycles. The molecule has 1 aromatic rings. The Hall–Kier alpha value is -0.960. The van der Waals surface area contributed by atoms with Crippen LogP contribution in [0.1, 0.15) is 47.0 Å². The van der Waals surface area contributed by atoms with Crippen molar-refractivity contribution in [3.05, 3.63) is 17.5 Å². The molecular weight excluding hydrogens is 394 g/mol. The number of nitrogens with one attached hydrogen (secondary N) is 1. The first kappa shape index (κ1) is 21.7. The Labute approximate surface area is 173 Å². The Morgan fingerprint density at radius 2 is 1.96 bits per heavy atom.